The summed E-state index contributed by atoms with van der Waals surface area (Å²) in [6.45, 7) is 4.20. The molecule has 1 heterocycles. The SMILES string of the molecule is Cc1ccc(CN2C[C@@H](N)[C@H](c3cccc(F)c3)C2)cc1O. The molecule has 0 aromatic heterocycles. The molecule has 1 aliphatic heterocycles. The van der Waals surface area contributed by atoms with Crippen LogP contribution in [0.15, 0.2) is 42.5 Å². The van der Waals surface area contributed by atoms with E-state index in [0.29, 0.717) is 5.75 Å². The maximum atomic E-state index is 13.4. The third-order valence-corrected chi connectivity index (χ3v) is 4.40. The van der Waals surface area contributed by atoms with Crippen LogP contribution in [0.1, 0.15) is 22.6 Å². The van der Waals surface area contributed by atoms with E-state index in [1.54, 1.807) is 18.2 Å². The molecular formula is C18H21FN2O. The van der Waals surface area contributed by atoms with Gasteiger partial charge >= 0.3 is 0 Å². The van der Waals surface area contributed by atoms with E-state index in [1.165, 1.54) is 6.07 Å². The lowest BCUT2D eigenvalue weighted by Gasteiger charge is -2.16. The minimum absolute atomic E-state index is 0.000783. The molecule has 1 saturated heterocycles. The number of aryl methyl sites for hydroxylation is 1. The molecule has 0 bridgehead atoms. The van der Waals surface area contributed by atoms with Crippen LogP contribution < -0.4 is 5.73 Å². The molecule has 0 amide bonds. The van der Waals surface area contributed by atoms with E-state index in [9.17, 15) is 9.50 Å². The Labute approximate surface area is 130 Å². The summed E-state index contributed by atoms with van der Waals surface area (Å²) in [5.74, 6) is 0.254. The van der Waals surface area contributed by atoms with Crippen LogP contribution in [0.5, 0.6) is 5.75 Å². The maximum absolute atomic E-state index is 13.4. The third-order valence-electron chi connectivity index (χ3n) is 4.40. The molecule has 3 N–H and O–H groups in total. The molecule has 2 aromatic carbocycles. The van der Waals surface area contributed by atoms with Crippen LogP contribution in [-0.4, -0.2) is 29.1 Å². The van der Waals surface area contributed by atoms with E-state index in [0.717, 1.165) is 36.3 Å². The molecule has 116 valence electrons. The molecule has 0 aliphatic carbocycles. The number of nitrogens with two attached hydrogens (primary N) is 1. The van der Waals surface area contributed by atoms with Gasteiger partial charge in [0.25, 0.3) is 0 Å². The highest BCUT2D eigenvalue weighted by atomic mass is 19.1. The standard InChI is InChI=1S/C18H21FN2O/c1-12-5-6-13(7-18(12)22)9-21-10-16(17(20)11-21)14-3-2-4-15(19)8-14/h2-8,16-17,22H,9-11,20H2,1H3/t16-,17+/m0/s1. The van der Waals surface area contributed by atoms with Gasteiger partial charge < -0.3 is 10.8 Å². The van der Waals surface area contributed by atoms with Crippen molar-refractivity contribution in [3.05, 3.63) is 65.0 Å². The van der Waals surface area contributed by atoms with Crippen molar-refractivity contribution in [1.82, 2.24) is 4.90 Å². The van der Waals surface area contributed by atoms with Crippen molar-refractivity contribution in [3.63, 3.8) is 0 Å². The molecule has 1 aliphatic rings. The Bertz CT molecular complexity index is 674. The Hall–Kier alpha value is -1.91. The Morgan fingerprint density at radius 3 is 2.77 bits per heavy atom. The van der Waals surface area contributed by atoms with Crippen molar-refractivity contribution < 1.29 is 9.50 Å². The van der Waals surface area contributed by atoms with Crippen LogP contribution in [0.3, 0.4) is 0 Å². The Morgan fingerprint density at radius 1 is 1.23 bits per heavy atom. The number of hydrogen-bond donors (Lipinski definition) is 2. The Morgan fingerprint density at radius 2 is 2.05 bits per heavy atom. The molecule has 2 atom stereocenters. The molecule has 0 saturated carbocycles. The zero-order valence-electron chi connectivity index (χ0n) is 12.7. The van der Waals surface area contributed by atoms with E-state index >= 15 is 0 Å². The van der Waals surface area contributed by atoms with Crippen LogP contribution in [0, 0.1) is 12.7 Å². The zero-order valence-corrected chi connectivity index (χ0v) is 12.7. The summed E-state index contributed by atoms with van der Waals surface area (Å²) < 4.78 is 13.4. The number of phenolic OH excluding ortho intramolecular Hbond substituents is 1. The molecule has 3 nitrogen and oxygen atoms in total. The summed E-state index contributed by atoms with van der Waals surface area (Å²) in [4.78, 5) is 2.25. The van der Waals surface area contributed by atoms with Gasteiger partial charge in [-0.3, -0.25) is 4.90 Å². The first kappa shape index (κ1) is 15.0. The van der Waals surface area contributed by atoms with Gasteiger partial charge in [-0.05, 0) is 41.8 Å². The molecular weight excluding hydrogens is 279 g/mol. The summed E-state index contributed by atoms with van der Waals surface area (Å²) in [6.07, 6.45) is 0. The second-order valence-electron chi connectivity index (χ2n) is 6.14. The summed E-state index contributed by atoms with van der Waals surface area (Å²) in [6, 6.07) is 12.5. The summed E-state index contributed by atoms with van der Waals surface area (Å²) in [7, 11) is 0. The van der Waals surface area contributed by atoms with Gasteiger partial charge in [-0.2, -0.15) is 0 Å². The highest BCUT2D eigenvalue weighted by Crippen LogP contribution is 2.28. The number of phenols is 1. The molecule has 0 spiro atoms. The number of benzene rings is 2. The van der Waals surface area contributed by atoms with Gasteiger partial charge in [0.15, 0.2) is 0 Å². The predicted octanol–water partition coefficient (Wildman–Crippen LogP) is 2.77. The lowest BCUT2D eigenvalue weighted by molar-refractivity contribution is 0.323. The predicted molar refractivity (Wildman–Crippen MR) is 85.2 cm³/mol. The average molecular weight is 300 g/mol. The smallest absolute Gasteiger partial charge is 0.123 e. The number of halogens is 1. The van der Waals surface area contributed by atoms with Crippen molar-refractivity contribution in [2.24, 2.45) is 5.73 Å². The minimum atomic E-state index is -0.216. The topological polar surface area (TPSA) is 49.5 Å². The fourth-order valence-electron chi connectivity index (χ4n) is 3.14. The van der Waals surface area contributed by atoms with Gasteiger partial charge in [0, 0.05) is 31.6 Å². The van der Waals surface area contributed by atoms with Crippen molar-refractivity contribution in [2.75, 3.05) is 13.1 Å². The number of hydrogen-bond acceptors (Lipinski definition) is 3. The fourth-order valence-corrected chi connectivity index (χ4v) is 3.14. The van der Waals surface area contributed by atoms with Gasteiger partial charge in [0.05, 0.1) is 0 Å². The van der Waals surface area contributed by atoms with E-state index in [2.05, 4.69) is 4.90 Å². The number of aromatic hydroxyl groups is 1. The van der Waals surface area contributed by atoms with Gasteiger partial charge in [-0.25, -0.2) is 4.39 Å². The third kappa shape index (κ3) is 3.13. The van der Waals surface area contributed by atoms with Crippen LogP contribution in [0.25, 0.3) is 0 Å². The molecule has 4 heteroatoms. The highest BCUT2D eigenvalue weighted by molar-refractivity contribution is 5.35. The Balaban J connectivity index is 1.71. The van der Waals surface area contributed by atoms with Gasteiger partial charge in [-0.1, -0.05) is 24.3 Å². The summed E-state index contributed by atoms with van der Waals surface area (Å²) in [5.41, 5.74) is 9.15. The molecule has 2 aromatic rings. The second kappa shape index (κ2) is 6.07. The van der Waals surface area contributed by atoms with E-state index in [4.69, 9.17) is 5.73 Å². The summed E-state index contributed by atoms with van der Waals surface area (Å²) in [5, 5.41) is 9.80. The fraction of sp³-hybridized carbons (Fsp3) is 0.333. The first-order valence-electron chi connectivity index (χ1n) is 7.55. The van der Waals surface area contributed by atoms with Gasteiger partial charge in [0.2, 0.25) is 0 Å². The Kier molecular flexibility index (Phi) is 4.14. The van der Waals surface area contributed by atoms with E-state index in [-0.39, 0.29) is 17.8 Å². The van der Waals surface area contributed by atoms with Gasteiger partial charge in [-0.15, -0.1) is 0 Å². The van der Waals surface area contributed by atoms with E-state index in [1.807, 2.05) is 25.1 Å². The van der Waals surface area contributed by atoms with Crippen molar-refractivity contribution in [1.29, 1.82) is 0 Å². The first-order valence-corrected chi connectivity index (χ1v) is 7.55. The van der Waals surface area contributed by atoms with Crippen molar-refractivity contribution >= 4 is 0 Å². The van der Waals surface area contributed by atoms with Crippen LogP contribution in [0.4, 0.5) is 4.39 Å². The average Bonchev–Trinajstić information content (AvgIpc) is 2.84. The lowest BCUT2D eigenvalue weighted by atomic mass is 9.95. The number of rotatable bonds is 3. The molecule has 0 unspecified atom stereocenters. The van der Waals surface area contributed by atoms with Crippen LogP contribution in [0.2, 0.25) is 0 Å². The highest BCUT2D eigenvalue weighted by Gasteiger charge is 2.31. The molecule has 22 heavy (non-hydrogen) atoms. The van der Waals surface area contributed by atoms with Gasteiger partial charge in [0.1, 0.15) is 11.6 Å². The maximum Gasteiger partial charge on any atom is 0.123 e. The first-order chi connectivity index (χ1) is 10.5. The molecule has 1 fully saturated rings. The minimum Gasteiger partial charge on any atom is -0.508 e. The number of likely N-dealkylation sites (tertiary alicyclic amines) is 1. The van der Waals surface area contributed by atoms with Crippen molar-refractivity contribution in [2.45, 2.75) is 25.4 Å². The zero-order chi connectivity index (χ0) is 15.7. The normalized spacial score (nSPS) is 22.1. The lowest BCUT2D eigenvalue weighted by Crippen LogP contribution is -2.28. The molecule has 3 rings (SSSR count). The molecule has 0 radical (unpaired) electrons. The van der Waals surface area contributed by atoms with Crippen LogP contribution >= 0.6 is 0 Å². The monoisotopic (exact) mass is 300 g/mol. The van der Waals surface area contributed by atoms with Crippen LogP contribution in [-0.2, 0) is 6.54 Å². The summed E-state index contributed by atoms with van der Waals surface area (Å²) >= 11 is 0. The quantitative estimate of drug-likeness (QED) is 0.916. The second-order valence-corrected chi connectivity index (χ2v) is 6.14. The number of nitrogens with zero attached hydrogens (tertiary/aromatic N) is 1. The largest absolute Gasteiger partial charge is 0.508 e. The van der Waals surface area contributed by atoms with E-state index < -0.39 is 0 Å². The van der Waals surface area contributed by atoms with Crippen molar-refractivity contribution in [3.8, 4) is 5.75 Å².